The van der Waals surface area contributed by atoms with Gasteiger partial charge in [0.15, 0.2) is 0 Å². The van der Waals surface area contributed by atoms with Crippen LogP contribution in [-0.2, 0) is 45.7 Å². The smallest absolute Gasteiger partial charge is 0.410 e. The number of pyridine rings is 1. The van der Waals surface area contributed by atoms with Gasteiger partial charge in [-0.1, -0.05) is 36.4 Å². The molecule has 2 N–H and O–H groups in total. The monoisotopic (exact) mass is 525 g/mol. The van der Waals surface area contributed by atoms with Gasteiger partial charge in [-0.05, 0) is 72.8 Å². The minimum atomic E-state index is -0.667. The van der Waals surface area contributed by atoms with Gasteiger partial charge < -0.3 is 15.4 Å². The van der Waals surface area contributed by atoms with E-state index in [0.717, 1.165) is 47.5 Å². The second-order valence-electron chi connectivity index (χ2n) is 10.5. The van der Waals surface area contributed by atoms with Crippen molar-refractivity contribution in [2.75, 3.05) is 37.4 Å². The summed E-state index contributed by atoms with van der Waals surface area (Å²) in [4.78, 5) is 46.8. The van der Waals surface area contributed by atoms with Gasteiger partial charge in [-0.2, -0.15) is 0 Å². The maximum absolute atomic E-state index is 13.1. The Morgan fingerprint density at radius 1 is 1.08 bits per heavy atom. The van der Waals surface area contributed by atoms with Gasteiger partial charge in [0.2, 0.25) is 11.8 Å². The van der Waals surface area contributed by atoms with Crippen LogP contribution in [0.4, 0.5) is 16.3 Å². The van der Waals surface area contributed by atoms with Crippen molar-refractivity contribution in [2.24, 2.45) is 0 Å². The number of benzene rings is 2. The van der Waals surface area contributed by atoms with Gasteiger partial charge in [0, 0.05) is 30.5 Å². The van der Waals surface area contributed by atoms with Crippen molar-refractivity contribution >= 4 is 29.4 Å². The van der Waals surface area contributed by atoms with Crippen LogP contribution in [0.5, 0.6) is 0 Å². The fourth-order valence-corrected chi connectivity index (χ4v) is 5.89. The molecule has 3 aliphatic rings. The minimum Gasteiger partial charge on any atom is -0.453 e. The van der Waals surface area contributed by atoms with Crippen LogP contribution in [0.3, 0.4) is 0 Å². The molecule has 0 radical (unpaired) electrons. The van der Waals surface area contributed by atoms with Gasteiger partial charge in [0.05, 0.1) is 12.5 Å². The molecule has 39 heavy (non-hydrogen) atoms. The summed E-state index contributed by atoms with van der Waals surface area (Å²) < 4.78 is 5.00. The molecule has 2 aliphatic heterocycles. The Hall–Kier alpha value is -4.24. The van der Waals surface area contributed by atoms with Gasteiger partial charge in [-0.15, -0.1) is 0 Å². The van der Waals surface area contributed by atoms with Crippen LogP contribution >= 0.6 is 0 Å². The molecule has 200 valence electrons. The number of methoxy groups -OCH3 is 1. The normalized spacial score (nSPS) is 19.2. The highest BCUT2D eigenvalue weighted by Gasteiger charge is 2.51. The maximum Gasteiger partial charge on any atom is 0.410 e. The summed E-state index contributed by atoms with van der Waals surface area (Å²) in [6.45, 7) is 3.11. The first-order valence-corrected chi connectivity index (χ1v) is 13.3. The Kier molecular flexibility index (Phi) is 6.52. The molecule has 1 unspecified atom stereocenters. The number of carbonyl (C=O) groups is 3. The van der Waals surface area contributed by atoms with E-state index in [1.165, 1.54) is 18.4 Å². The number of nitrogens with zero attached hydrogens (tertiary/aromatic N) is 3. The third kappa shape index (κ3) is 4.74. The number of carbonyl (C=O) groups excluding carboxylic acids is 3. The second kappa shape index (κ2) is 10.1. The molecule has 0 saturated carbocycles. The van der Waals surface area contributed by atoms with Crippen molar-refractivity contribution in [1.82, 2.24) is 14.8 Å². The number of aromatic nitrogens is 1. The standard InChI is InChI=1S/C30H31N5O4/c1-39-29(38)35(18-22-7-3-2-6-21(22)17-34-12-5-13-34)19-26(36)32-24-10-9-20-15-30(16-23(20)14-24)25-8-4-11-31-27(25)33-28(30)37/h2-4,6-11,14H,5,12-13,15-19H2,1H3,(H,32,36)(H,31,33,37). The average molecular weight is 526 g/mol. The Labute approximate surface area is 227 Å². The van der Waals surface area contributed by atoms with Gasteiger partial charge in [-0.25, -0.2) is 9.78 Å². The number of anilines is 2. The summed E-state index contributed by atoms with van der Waals surface area (Å²) in [5.41, 5.74) is 5.12. The lowest BCUT2D eigenvalue weighted by Gasteiger charge is -2.31. The Balaban J connectivity index is 1.15. The van der Waals surface area contributed by atoms with E-state index < -0.39 is 11.5 Å². The van der Waals surface area contributed by atoms with Crippen LogP contribution in [0.25, 0.3) is 0 Å². The van der Waals surface area contributed by atoms with Crippen molar-refractivity contribution in [3.05, 3.63) is 88.6 Å². The van der Waals surface area contributed by atoms with E-state index in [1.807, 2.05) is 48.5 Å². The molecule has 3 heterocycles. The first-order chi connectivity index (χ1) is 18.9. The van der Waals surface area contributed by atoms with E-state index in [2.05, 4.69) is 26.6 Å². The summed E-state index contributed by atoms with van der Waals surface area (Å²) in [6, 6.07) is 17.5. The van der Waals surface area contributed by atoms with Crippen molar-refractivity contribution in [1.29, 1.82) is 0 Å². The first-order valence-electron chi connectivity index (χ1n) is 13.3. The van der Waals surface area contributed by atoms with Gasteiger partial charge >= 0.3 is 6.09 Å². The van der Waals surface area contributed by atoms with Crippen LogP contribution in [0.2, 0.25) is 0 Å². The molecule has 3 amide bonds. The Bertz CT molecular complexity index is 1450. The fraction of sp³-hybridized carbons (Fsp3) is 0.333. The average Bonchev–Trinajstić information content (AvgIpc) is 3.43. The topological polar surface area (TPSA) is 104 Å². The van der Waals surface area contributed by atoms with Crippen LogP contribution < -0.4 is 10.6 Å². The predicted octanol–water partition coefficient (Wildman–Crippen LogP) is 3.48. The summed E-state index contributed by atoms with van der Waals surface area (Å²) in [7, 11) is 1.32. The molecule has 1 aromatic heterocycles. The lowest BCUT2D eigenvalue weighted by molar-refractivity contribution is -0.120. The lowest BCUT2D eigenvalue weighted by Crippen LogP contribution is -2.39. The molecule has 1 saturated heterocycles. The zero-order valence-corrected chi connectivity index (χ0v) is 21.9. The number of nitrogens with one attached hydrogen (secondary N) is 2. The number of rotatable bonds is 7. The number of likely N-dealkylation sites (tertiary alicyclic amines) is 1. The summed E-state index contributed by atoms with van der Waals surface area (Å²) in [5.74, 6) is 0.265. The fourth-order valence-electron chi connectivity index (χ4n) is 5.89. The number of hydrogen-bond donors (Lipinski definition) is 2. The number of fused-ring (bicyclic) bond motifs is 3. The first kappa shape index (κ1) is 25.1. The highest BCUT2D eigenvalue weighted by molar-refractivity contribution is 6.06. The molecule has 1 atom stereocenters. The SMILES string of the molecule is COC(=O)N(CC(=O)Nc1ccc2c(c1)CC1(C2)C(=O)Nc2ncccc21)Cc1ccccc1CN1CCC1. The zero-order chi connectivity index (χ0) is 27.0. The molecule has 1 aliphatic carbocycles. The molecule has 1 spiro atoms. The molecule has 1 fully saturated rings. The third-order valence-electron chi connectivity index (χ3n) is 8.05. The van der Waals surface area contributed by atoms with Crippen molar-refractivity contribution in [2.45, 2.75) is 37.8 Å². The van der Waals surface area contributed by atoms with Crippen molar-refractivity contribution in [3.8, 4) is 0 Å². The van der Waals surface area contributed by atoms with Crippen LogP contribution in [0.1, 0.15) is 34.2 Å². The highest BCUT2D eigenvalue weighted by atomic mass is 16.5. The van der Waals surface area contributed by atoms with Crippen LogP contribution in [0, 0.1) is 0 Å². The molecule has 0 bridgehead atoms. The Morgan fingerprint density at radius 2 is 1.87 bits per heavy atom. The molecule has 9 nitrogen and oxygen atoms in total. The minimum absolute atomic E-state index is 0.0407. The molecule has 9 heteroatoms. The van der Waals surface area contributed by atoms with E-state index in [9.17, 15) is 14.4 Å². The van der Waals surface area contributed by atoms with Gasteiger partial charge in [0.1, 0.15) is 12.4 Å². The quantitative estimate of drug-likeness (QED) is 0.490. The molecule has 6 rings (SSSR count). The Morgan fingerprint density at radius 3 is 2.64 bits per heavy atom. The van der Waals surface area contributed by atoms with E-state index in [-0.39, 0.29) is 24.9 Å². The van der Waals surface area contributed by atoms with E-state index >= 15 is 0 Å². The van der Waals surface area contributed by atoms with E-state index in [0.29, 0.717) is 24.3 Å². The van der Waals surface area contributed by atoms with E-state index in [1.54, 1.807) is 6.20 Å². The second-order valence-corrected chi connectivity index (χ2v) is 10.5. The largest absolute Gasteiger partial charge is 0.453 e. The van der Waals surface area contributed by atoms with Crippen LogP contribution in [0.15, 0.2) is 60.8 Å². The lowest BCUT2D eigenvalue weighted by atomic mass is 9.79. The highest BCUT2D eigenvalue weighted by Crippen LogP contribution is 2.46. The number of ether oxygens (including phenoxy) is 1. The molecular formula is C30H31N5O4. The van der Waals surface area contributed by atoms with Crippen molar-refractivity contribution in [3.63, 3.8) is 0 Å². The van der Waals surface area contributed by atoms with Crippen LogP contribution in [-0.4, -0.2) is 59.4 Å². The summed E-state index contributed by atoms with van der Waals surface area (Å²) in [5, 5.41) is 5.85. The summed E-state index contributed by atoms with van der Waals surface area (Å²) in [6.07, 6.45) is 3.46. The molecule has 3 aromatic rings. The van der Waals surface area contributed by atoms with E-state index in [4.69, 9.17) is 4.74 Å². The molecule has 2 aromatic carbocycles. The molecular weight excluding hydrogens is 494 g/mol. The van der Waals surface area contributed by atoms with Gasteiger partial charge in [0.25, 0.3) is 0 Å². The third-order valence-corrected chi connectivity index (χ3v) is 8.05. The predicted molar refractivity (Wildman–Crippen MR) is 146 cm³/mol. The zero-order valence-electron chi connectivity index (χ0n) is 21.9. The maximum atomic E-state index is 13.1. The summed E-state index contributed by atoms with van der Waals surface area (Å²) >= 11 is 0. The number of hydrogen-bond acceptors (Lipinski definition) is 6. The number of amides is 3. The van der Waals surface area contributed by atoms with Crippen molar-refractivity contribution < 1.29 is 19.1 Å². The van der Waals surface area contributed by atoms with Gasteiger partial charge in [-0.3, -0.25) is 19.4 Å².